The van der Waals surface area contributed by atoms with Crippen LogP contribution >= 0.6 is 11.5 Å². The first-order valence-corrected chi connectivity index (χ1v) is 10.1. The fourth-order valence-corrected chi connectivity index (χ4v) is 4.07. The van der Waals surface area contributed by atoms with E-state index in [0.29, 0.717) is 11.0 Å². The molecule has 1 fully saturated rings. The number of methoxy groups -OCH3 is 1. The summed E-state index contributed by atoms with van der Waals surface area (Å²) in [7, 11) is 1.63. The van der Waals surface area contributed by atoms with E-state index in [0.717, 1.165) is 37.2 Å². The van der Waals surface area contributed by atoms with Crippen molar-refractivity contribution in [1.82, 2.24) is 14.3 Å². The third kappa shape index (κ3) is 4.21. The van der Waals surface area contributed by atoms with Crippen molar-refractivity contribution >= 4 is 22.6 Å². The number of rotatable bonds is 6. The van der Waals surface area contributed by atoms with Crippen molar-refractivity contribution in [2.75, 3.05) is 19.0 Å². The first-order valence-electron chi connectivity index (χ1n) is 9.30. The molecule has 4 rings (SSSR count). The molecule has 0 bridgehead atoms. The predicted molar refractivity (Wildman–Crippen MR) is 110 cm³/mol. The zero-order valence-electron chi connectivity index (χ0n) is 15.7. The summed E-state index contributed by atoms with van der Waals surface area (Å²) in [5.41, 5.74) is 2.08. The van der Waals surface area contributed by atoms with Gasteiger partial charge in [0, 0.05) is 23.6 Å². The molecular weight excluding hydrogens is 372 g/mol. The van der Waals surface area contributed by atoms with E-state index in [1.165, 1.54) is 17.1 Å². The van der Waals surface area contributed by atoms with Crippen LogP contribution < -0.4 is 10.1 Å². The van der Waals surface area contributed by atoms with Crippen molar-refractivity contribution < 1.29 is 9.53 Å². The Morgan fingerprint density at radius 3 is 2.93 bits per heavy atom. The molecule has 7 heteroatoms. The van der Waals surface area contributed by atoms with E-state index in [4.69, 9.17) is 4.74 Å². The number of hydrogen-bond acceptors (Lipinski definition) is 6. The molecule has 0 saturated carbocycles. The van der Waals surface area contributed by atoms with Gasteiger partial charge in [0.25, 0.3) is 0 Å². The molecule has 0 spiro atoms. The standard InChI is InChI=1S/C21H22N4O2S/c1-27-17-10-5-9-16(13-17)19-22-21(28-24-19)23-20(26)18-11-6-12-25(18)14-15-7-3-2-4-8-15/h2-5,7-10,13,18H,6,11-12,14H2,1H3,(H,22,23,24,26). The number of amides is 1. The van der Waals surface area contributed by atoms with Crippen molar-refractivity contribution in [2.45, 2.75) is 25.4 Å². The van der Waals surface area contributed by atoms with Gasteiger partial charge in [0.1, 0.15) is 5.75 Å². The lowest BCUT2D eigenvalue weighted by Gasteiger charge is -2.23. The molecule has 3 aromatic rings. The number of nitrogens with zero attached hydrogens (tertiary/aromatic N) is 3. The van der Waals surface area contributed by atoms with Gasteiger partial charge in [0.2, 0.25) is 11.0 Å². The van der Waals surface area contributed by atoms with Gasteiger partial charge in [-0.15, -0.1) is 0 Å². The number of anilines is 1. The second kappa shape index (κ2) is 8.50. The third-order valence-corrected chi connectivity index (χ3v) is 5.51. The molecule has 1 amide bonds. The molecule has 1 N–H and O–H groups in total. The molecule has 0 aliphatic carbocycles. The molecule has 0 radical (unpaired) electrons. The first kappa shape index (κ1) is 18.6. The lowest BCUT2D eigenvalue weighted by molar-refractivity contribution is -0.120. The minimum Gasteiger partial charge on any atom is -0.497 e. The van der Waals surface area contributed by atoms with E-state index < -0.39 is 0 Å². The zero-order valence-corrected chi connectivity index (χ0v) is 16.5. The van der Waals surface area contributed by atoms with Crippen LogP contribution in [0.3, 0.4) is 0 Å². The van der Waals surface area contributed by atoms with E-state index in [9.17, 15) is 4.79 Å². The Hall–Kier alpha value is -2.77. The second-order valence-electron chi connectivity index (χ2n) is 6.76. The summed E-state index contributed by atoms with van der Waals surface area (Å²) in [6.45, 7) is 1.71. The van der Waals surface area contributed by atoms with Crippen LogP contribution in [-0.4, -0.2) is 39.9 Å². The van der Waals surface area contributed by atoms with Crippen molar-refractivity contribution in [2.24, 2.45) is 0 Å². The fraction of sp³-hybridized carbons (Fsp3) is 0.286. The van der Waals surface area contributed by atoms with Crippen LogP contribution in [-0.2, 0) is 11.3 Å². The van der Waals surface area contributed by atoms with Crippen LogP contribution in [0.25, 0.3) is 11.4 Å². The molecule has 2 aromatic carbocycles. The van der Waals surface area contributed by atoms with Crippen molar-refractivity contribution in [3.8, 4) is 17.1 Å². The molecule has 2 heterocycles. The molecular formula is C21H22N4O2S. The number of aromatic nitrogens is 2. The van der Waals surface area contributed by atoms with Gasteiger partial charge in [0.05, 0.1) is 13.2 Å². The molecule has 1 unspecified atom stereocenters. The van der Waals surface area contributed by atoms with Crippen molar-refractivity contribution in [3.05, 3.63) is 60.2 Å². The van der Waals surface area contributed by atoms with Gasteiger partial charge in [-0.1, -0.05) is 42.5 Å². The number of benzene rings is 2. The predicted octanol–water partition coefficient (Wildman–Crippen LogP) is 3.82. The Kier molecular flexibility index (Phi) is 5.64. The van der Waals surface area contributed by atoms with Crippen LogP contribution in [0.15, 0.2) is 54.6 Å². The monoisotopic (exact) mass is 394 g/mol. The molecule has 1 aliphatic heterocycles. The summed E-state index contributed by atoms with van der Waals surface area (Å²) in [4.78, 5) is 19.5. The summed E-state index contributed by atoms with van der Waals surface area (Å²) < 4.78 is 9.62. The Morgan fingerprint density at radius 1 is 1.25 bits per heavy atom. The summed E-state index contributed by atoms with van der Waals surface area (Å²) in [5.74, 6) is 1.33. The second-order valence-corrected chi connectivity index (χ2v) is 7.51. The lowest BCUT2D eigenvalue weighted by Crippen LogP contribution is -2.39. The van der Waals surface area contributed by atoms with E-state index in [1.807, 2.05) is 42.5 Å². The Labute approximate surface area is 168 Å². The molecule has 6 nitrogen and oxygen atoms in total. The highest BCUT2D eigenvalue weighted by Crippen LogP contribution is 2.26. The number of likely N-dealkylation sites (tertiary alicyclic amines) is 1. The first-order chi connectivity index (χ1) is 13.7. The Bertz CT molecular complexity index is 944. The number of ether oxygens (including phenoxy) is 1. The molecule has 1 atom stereocenters. The maximum absolute atomic E-state index is 12.8. The molecule has 28 heavy (non-hydrogen) atoms. The Balaban J connectivity index is 1.42. The van der Waals surface area contributed by atoms with E-state index in [1.54, 1.807) is 7.11 Å². The molecule has 1 aliphatic rings. The maximum atomic E-state index is 12.8. The highest BCUT2D eigenvalue weighted by Gasteiger charge is 2.31. The van der Waals surface area contributed by atoms with Crippen molar-refractivity contribution in [1.29, 1.82) is 0 Å². The largest absolute Gasteiger partial charge is 0.497 e. The summed E-state index contributed by atoms with van der Waals surface area (Å²) in [5, 5.41) is 3.47. The van der Waals surface area contributed by atoms with Gasteiger partial charge < -0.3 is 4.74 Å². The molecule has 144 valence electrons. The lowest BCUT2D eigenvalue weighted by atomic mass is 10.1. The highest BCUT2D eigenvalue weighted by molar-refractivity contribution is 7.10. The smallest absolute Gasteiger partial charge is 0.243 e. The molecule has 1 aromatic heterocycles. The SMILES string of the molecule is COc1cccc(-c2nsc(NC(=O)C3CCCN3Cc3ccccc3)n2)c1. The topological polar surface area (TPSA) is 67.3 Å². The summed E-state index contributed by atoms with van der Waals surface area (Å²) in [6, 6.07) is 17.7. The van der Waals surface area contributed by atoms with Gasteiger partial charge in [-0.2, -0.15) is 9.36 Å². The minimum absolute atomic E-state index is 0.0122. The average Bonchev–Trinajstić information content (AvgIpc) is 3.38. The summed E-state index contributed by atoms with van der Waals surface area (Å²) >= 11 is 1.20. The third-order valence-electron chi connectivity index (χ3n) is 4.88. The Morgan fingerprint density at radius 2 is 2.11 bits per heavy atom. The highest BCUT2D eigenvalue weighted by atomic mass is 32.1. The number of nitrogens with one attached hydrogen (secondary N) is 1. The fourth-order valence-electron chi connectivity index (χ4n) is 3.47. The quantitative estimate of drug-likeness (QED) is 0.688. The van der Waals surface area contributed by atoms with Gasteiger partial charge in [-0.3, -0.25) is 15.0 Å². The van der Waals surface area contributed by atoms with Crippen LogP contribution in [0.4, 0.5) is 5.13 Å². The number of carbonyl (C=O) groups is 1. The van der Waals surface area contributed by atoms with E-state index >= 15 is 0 Å². The maximum Gasteiger partial charge on any atom is 0.243 e. The van der Waals surface area contributed by atoms with Gasteiger partial charge in [-0.25, -0.2) is 0 Å². The van der Waals surface area contributed by atoms with E-state index in [2.05, 4.69) is 31.7 Å². The minimum atomic E-state index is -0.135. The van der Waals surface area contributed by atoms with Crippen LogP contribution in [0, 0.1) is 0 Å². The average molecular weight is 395 g/mol. The normalized spacial score (nSPS) is 16.8. The van der Waals surface area contributed by atoms with Gasteiger partial charge in [0.15, 0.2) is 5.82 Å². The van der Waals surface area contributed by atoms with Crippen LogP contribution in [0.5, 0.6) is 5.75 Å². The number of carbonyl (C=O) groups excluding carboxylic acids is 1. The van der Waals surface area contributed by atoms with Gasteiger partial charge in [-0.05, 0) is 37.1 Å². The molecule has 1 saturated heterocycles. The number of hydrogen-bond donors (Lipinski definition) is 1. The van der Waals surface area contributed by atoms with Crippen LogP contribution in [0.2, 0.25) is 0 Å². The van der Waals surface area contributed by atoms with Gasteiger partial charge >= 0.3 is 0 Å². The van der Waals surface area contributed by atoms with Crippen molar-refractivity contribution in [3.63, 3.8) is 0 Å². The summed E-state index contributed by atoms with van der Waals surface area (Å²) in [6.07, 6.45) is 1.89. The van der Waals surface area contributed by atoms with E-state index in [-0.39, 0.29) is 11.9 Å². The zero-order chi connectivity index (χ0) is 19.3. The van der Waals surface area contributed by atoms with Crippen LogP contribution in [0.1, 0.15) is 18.4 Å².